The van der Waals surface area contributed by atoms with Gasteiger partial charge in [0, 0.05) is 16.6 Å². The van der Waals surface area contributed by atoms with Crippen LogP contribution < -0.4 is 5.56 Å². The number of aromatic amines is 1. The van der Waals surface area contributed by atoms with Gasteiger partial charge in [-0.1, -0.05) is 35.5 Å². The molecule has 1 N–H and O–H groups in total. The van der Waals surface area contributed by atoms with Gasteiger partial charge in [-0.3, -0.25) is 9.59 Å². The van der Waals surface area contributed by atoms with E-state index in [1.54, 1.807) is 47.4 Å². The lowest BCUT2D eigenvalue weighted by molar-refractivity contribution is -0.130. The molecule has 0 saturated carbocycles. The number of fused-ring (bicyclic) bond motifs is 1. The fourth-order valence-electron chi connectivity index (χ4n) is 3.11. The maximum atomic E-state index is 12.9. The lowest BCUT2D eigenvalue weighted by atomic mass is 10.2. The Kier molecular flexibility index (Phi) is 6.57. The first-order valence-electron chi connectivity index (χ1n) is 9.90. The molecule has 0 fully saturated rings. The summed E-state index contributed by atoms with van der Waals surface area (Å²) in [6.45, 7) is 4.01. The smallest absolute Gasteiger partial charge is 0.277 e. The van der Waals surface area contributed by atoms with Crippen LogP contribution in [0.2, 0.25) is 5.02 Å². The van der Waals surface area contributed by atoms with Crippen LogP contribution in [0.1, 0.15) is 19.7 Å². The average molecular weight is 470 g/mol. The minimum atomic E-state index is -0.225. The second kappa shape index (κ2) is 9.54. The van der Waals surface area contributed by atoms with Gasteiger partial charge in [0.1, 0.15) is 5.82 Å². The summed E-state index contributed by atoms with van der Waals surface area (Å²) in [5.41, 5.74) is 1.12. The van der Waals surface area contributed by atoms with Gasteiger partial charge in [0.25, 0.3) is 10.8 Å². The second-order valence-electron chi connectivity index (χ2n) is 7.31. The fourth-order valence-corrected chi connectivity index (χ4v) is 3.89. The number of H-pyrrole nitrogens is 1. The number of nitrogens with zero attached hydrogens (tertiary/aromatic N) is 4. The van der Waals surface area contributed by atoms with E-state index in [2.05, 4.69) is 20.2 Å². The van der Waals surface area contributed by atoms with Gasteiger partial charge in [-0.25, -0.2) is 4.98 Å². The molecule has 0 radical (unpaired) electrons. The number of halogens is 1. The SMILES string of the molecule is CC(C)N(Cc1nc2ccccc2c(=O)[nH]1)C(=O)CSc1nnc(-c2ccc(Cl)cc2)o1. The molecule has 0 aliphatic rings. The fraction of sp³-hybridized carbons (Fsp3) is 0.227. The molecule has 1 amide bonds. The third-order valence-corrected chi connectivity index (χ3v) is 5.80. The molecule has 0 aliphatic heterocycles. The lowest BCUT2D eigenvalue weighted by Gasteiger charge is -2.26. The Bertz CT molecular complexity index is 1300. The van der Waals surface area contributed by atoms with Gasteiger partial charge >= 0.3 is 0 Å². The summed E-state index contributed by atoms with van der Waals surface area (Å²) < 4.78 is 5.65. The highest BCUT2D eigenvalue weighted by atomic mass is 35.5. The first-order chi connectivity index (χ1) is 15.4. The molecule has 2 aromatic heterocycles. The van der Waals surface area contributed by atoms with Crippen molar-refractivity contribution in [1.29, 1.82) is 0 Å². The molecule has 4 aromatic rings. The monoisotopic (exact) mass is 469 g/mol. The maximum Gasteiger partial charge on any atom is 0.277 e. The number of carbonyl (C=O) groups excluding carboxylic acids is 1. The highest BCUT2D eigenvalue weighted by Crippen LogP contribution is 2.25. The summed E-state index contributed by atoms with van der Waals surface area (Å²) in [6, 6.07) is 14.1. The molecular formula is C22H20ClN5O3S. The molecule has 10 heteroatoms. The Morgan fingerprint density at radius 3 is 2.66 bits per heavy atom. The van der Waals surface area contributed by atoms with Gasteiger partial charge in [-0.15, -0.1) is 10.2 Å². The van der Waals surface area contributed by atoms with E-state index in [0.29, 0.717) is 32.9 Å². The standard InChI is InChI=1S/C22H20ClN5O3S/c1-13(2)28(11-18-24-17-6-4-3-5-16(17)20(30)25-18)19(29)12-32-22-27-26-21(31-22)14-7-9-15(23)10-8-14/h3-10,13H,11-12H2,1-2H3,(H,24,25,30). The largest absolute Gasteiger partial charge is 0.411 e. The molecule has 0 spiro atoms. The zero-order valence-corrected chi connectivity index (χ0v) is 19.0. The van der Waals surface area contributed by atoms with Crippen molar-refractivity contribution in [3.05, 3.63) is 69.7 Å². The predicted molar refractivity (Wildman–Crippen MR) is 124 cm³/mol. The average Bonchev–Trinajstić information content (AvgIpc) is 3.25. The predicted octanol–water partition coefficient (Wildman–Crippen LogP) is 4.16. The van der Waals surface area contributed by atoms with Gasteiger partial charge < -0.3 is 14.3 Å². The summed E-state index contributed by atoms with van der Waals surface area (Å²) in [5.74, 6) is 0.768. The molecule has 164 valence electrons. The number of nitrogens with one attached hydrogen (secondary N) is 1. The molecule has 0 saturated heterocycles. The molecular weight excluding hydrogens is 450 g/mol. The van der Waals surface area contributed by atoms with Gasteiger partial charge in [0.2, 0.25) is 11.8 Å². The van der Waals surface area contributed by atoms with Crippen molar-refractivity contribution in [3.63, 3.8) is 0 Å². The van der Waals surface area contributed by atoms with Crippen molar-refractivity contribution in [1.82, 2.24) is 25.1 Å². The Hall–Kier alpha value is -3.17. The van der Waals surface area contributed by atoms with Crippen molar-refractivity contribution < 1.29 is 9.21 Å². The van der Waals surface area contributed by atoms with E-state index in [9.17, 15) is 9.59 Å². The summed E-state index contributed by atoms with van der Waals surface area (Å²) in [7, 11) is 0. The summed E-state index contributed by atoms with van der Waals surface area (Å²) >= 11 is 7.06. The first-order valence-corrected chi connectivity index (χ1v) is 11.3. The Balaban J connectivity index is 1.44. The van der Waals surface area contributed by atoms with E-state index in [1.807, 2.05) is 19.9 Å². The molecule has 2 aromatic carbocycles. The highest BCUT2D eigenvalue weighted by molar-refractivity contribution is 7.99. The Labute approximate surface area is 193 Å². The van der Waals surface area contributed by atoms with Crippen LogP contribution in [0.5, 0.6) is 0 Å². The van der Waals surface area contributed by atoms with E-state index in [4.69, 9.17) is 16.0 Å². The first kappa shape index (κ1) is 22.0. The third kappa shape index (κ3) is 5.00. The number of hydrogen-bond acceptors (Lipinski definition) is 7. The van der Waals surface area contributed by atoms with Crippen molar-refractivity contribution in [3.8, 4) is 11.5 Å². The Morgan fingerprint density at radius 2 is 1.91 bits per heavy atom. The minimum absolute atomic E-state index is 0.0906. The highest BCUT2D eigenvalue weighted by Gasteiger charge is 2.20. The molecule has 0 bridgehead atoms. The molecule has 2 heterocycles. The number of para-hydroxylation sites is 1. The molecule has 4 rings (SSSR count). The van der Waals surface area contributed by atoms with E-state index in [0.717, 1.165) is 17.3 Å². The number of benzene rings is 2. The van der Waals surface area contributed by atoms with Crippen molar-refractivity contribution in [2.75, 3.05) is 5.75 Å². The van der Waals surface area contributed by atoms with Crippen LogP contribution in [-0.2, 0) is 11.3 Å². The van der Waals surface area contributed by atoms with Gasteiger partial charge in [0.15, 0.2) is 0 Å². The van der Waals surface area contributed by atoms with Crippen molar-refractivity contribution in [2.45, 2.75) is 31.7 Å². The number of rotatable bonds is 7. The number of aromatic nitrogens is 4. The molecule has 0 aliphatic carbocycles. The van der Waals surface area contributed by atoms with Crippen LogP contribution in [0.4, 0.5) is 0 Å². The Morgan fingerprint density at radius 1 is 1.16 bits per heavy atom. The van der Waals surface area contributed by atoms with Crippen LogP contribution in [0.3, 0.4) is 0 Å². The van der Waals surface area contributed by atoms with Crippen molar-refractivity contribution in [2.24, 2.45) is 0 Å². The molecule has 32 heavy (non-hydrogen) atoms. The third-order valence-electron chi connectivity index (χ3n) is 4.74. The zero-order chi connectivity index (χ0) is 22.7. The summed E-state index contributed by atoms with van der Waals surface area (Å²) in [4.78, 5) is 34.2. The lowest BCUT2D eigenvalue weighted by Crippen LogP contribution is -2.38. The van der Waals surface area contributed by atoms with Crippen LogP contribution in [0.15, 0.2) is 63.0 Å². The second-order valence-corrected chi connectivity index (χ2v) is 8.68. The number of thioether (sulfide) groups is 1. The van der Waals surface area contributed by atoms with Crippen LogP contribution in [0, 0.1) is 0 Å². The molecule has 0 atom stereocenters. The quantitative estimate of drug-likeness (QED) is 0.405. The van der Waals surface area contributed by atoms with Crippen LogP contribution in [-0.4, -0.2) is 42.8 Å². The maximum absolute atomic E-state index is 12.9. The summed E-state index contributed by atoms with van der Waals surface area (Å²) in [6.07, 6.45) is 0. The summed E-state index contributed by atoms with van der Waals surface area (Å²) in [5, 5.41) is 9.46. The van der Waals surface area contributed by atoms with E-state index >= 15 is 0 Å². The van der Waals surface area contributed by atoms with Gasteiger partial charge in [-0.05, 0) is 50.2 Å². The van der Waals surface area contributed by atoms with Crippen LogP contribution in [0.25, 0.3) is 22.4 Å². The van der Waals surface area contributed by atoms with Crippen LogP contribution >= 0.6 is 23.4 Å². The topological polar surface area (TPSA) is 105 Å². The molecule has 0 unspecified atom stereocenters. The molecule has 8 nitrogen and oxygen atoms in total. The normalized spacial score (nSPS) is 11.2. The van der Waals surface area contributed by atoms with Crippen molar-refractivity contribution >= 4 is 40.2 Å². The van der Waals surface area contributed by atoms with Gasteiger partial charge in [0.05, 0.1) is 23.2 Å². The van der Waals surface area contributed by atoms with E-state index in [-0.39, 0.29) is 29.8 Å². The number of amides is 1. The zero-order valence-electron chi connectivity index (χ0n) is 17.4. The van der Waals surface area contributed by atoms with Gasteiger partial charge in [-0.2, -0.15) is 0 Å². The number of carbonyl (C=O) groups is 1. The van der Waals surface area contributed by atoms with E-state index < -0.39 is 0 Å². The minimum Gasteiger partial charge on any atom is -0.411 e. The van der Waals surface area contributed by atoms with E-state index in [1.165, 1.54) is 0 Å². The number of hydrogen-bond donors (Lipinski definition) is 1.